The minimum Gasteiger partial charge on any atom is -0.392 e. The average molecular weight is 692 g/mol. The minimum atomic E-state index is -0.0539. The van der Waals surface area contributed by atoms with E-state index in [0.29, 0.717) is 6.42 Å². The number of hydrogen-bond acceptors (Lipinski definition) is 4. The number of aliphatic hydroxyl groups excluding tert-OH is 1. The molecule has 0 spiro atoms. The number of aliphatic hydroxyl groups is 1. The third-order valence-electron chi connectivity index (χ3n) is 10.2. The SMILES string of the molecule is CCCCCCc1ccc(Nc2cc(Cc3ccc(NC=O)c(Nc4ccc(CCCCCC)c5ccccc45)c3)ccc2CO)c2ccccc12. The molecule has 0 unspecified atom stereocenters. The summed E-state index contributed by atoms with van der Waals surface area (Å²) in [7, 11) is 0. The van der Waals surface area contributed by atoms with Crippen molar-refractivity contribution in [2.45, 2.75) is 91.1 Å². The second kappa shape index (κ2) is 18.4. The predicted octanol–water partition coefficient (Wildman–Crippen LogP) is 12.4. The van der Waals surface area contributed by atoms with Gasteiger partial charge in [0.25, 0.3) is 0 Å². The fraction of sp³-hybridized carbons (Fsp3) is 0.298. The number of fused-ring (bicyclic) bond motifs is 2. The molecule has 6 aromatic carbocycles. The van der Waals surface area contributed by atoms with Gasteiger partial charge in [-0.05, 0) is 95.5 Å². The van der Waals surface area contributed by atoms with E-state index in [0.717, 1.165) is 64.4 Å². The molecule has 4 N–H and O–H groups in total. The molecule has 1 amide bonds. The molecule has 0 saturated carbocycles. The third-order valence-corrected chi connectivity index (χ3v) is 10.2. The molecule has 0 aliphatic rings. The largest absolute Gasteiger partial charge is 0.392 e. The summed E-state index contributed by atoms with van der Waals surface area (Å²) in [6, 6.07) is 38.5. The topological polar surface area (TPSA) is 73.4 Å². The fourth-order valence-electron chi connectivity index (χ4n) is 7.37. The van der Waals surface area contributed by atoms with E-state index in [-0.39, 0.29) is 6.61 Å². The average Bonchev–Trinajstić information content (AvgIpc) is 3.17. The van der Waals surface area contributed by atoms with Crippen LogP contribution in [0.15, 0.2) is 109 Å². The van der Waals surface area contributed by atoms with Crippen LogP contribution in [0, 0.1) is 0 Å². The van der Waals surface area contributed by atoms with Crippen molar-refractivity contribution in [1.29, 1.82) is 0 Å². The molecule has 0 heterocycles. The van der Waals surface area contributed by atoms with Crippen molar-refractivity contribution in [2.24, 2.45) is 0 Å². The summed E-state index contributed by atoms with van der Waals surface area (Å²) in [4.78, 5) is 11.6. The van der Waals surface area contributed by atoms with Gasteiger partial charge in [0.2, 0.25) is 6.41 Å². The Kier molecular flexibility index (Phi) is 13.0. The van der Waals surface area contributed by atoms with Crippen LogP contribution in [-0.2, 0) is 30.7 Å². The van der Waals surface area contributed by atoms with Crippen LogP contribution < -0.4 is 16.0 Å². The third kappa shape index (κ3) is 9.02. The van der Waals surface area contributed by atoms with Gasteiger partial charge < -0.3 is 21.1 Å². The molecule has 0 aromatic heterocycles. The van der Waals surface area contributed by atoms with Gasteiger partial charge in [-0.1, -0.05) is 131 Å². The molecule has 52 heavy (non-hydrogen) atoms. The van der Waals surface area contributed by atoms with Gasteiger partial charge in [-0.3, -0.25) is 4.79 Å². The quantitative estimate of drug-likeness (QED) is 0.0504. The monoisotopic (exact) mass is 691 g/mol. The predicted molar refractivity (Wildman–Crippen MR) is 221 cm³/mol. The molecule has 6 rings (SSSR count). The van der Waals surface area contributed by atoms with E-state index in [2.05, 4.69) is 127 Å². The van der Waals surface area contributed by atoms with Gasteiger partial charge >= 0.3 is 0 Å². The van der Waals surface area contributed by atoms with Crippen molar-refractivity contribution in [2.75, 3.05) is 16.0 Å². The van der Waals surface area contributed by atoms with E-state index < -0.39 is 0 Å². The fourth-order valence-corrected chi connectivity index (χ4v) is 7.37. The maximum atomic E-state index is 11.6. The summed E-state index contributed by atoms with van der Waals surface area (Å²) in [5.41, 5.74) is 10.4. The van der Waals surface area contributed by atoms with Crippen LogP contribution in [0.2, 0.25) is 0 Å². The number of anilines is 5. The number of aryl methyl sites for hydroxylation is 2. The van der Waals surface area contributed by atoms with Crippen molar-refractivity contribution in [3.8, 4) is 0 Å². The molecular formula is C47H53N3O2. The Hall–Kier alpha value is -5.13. The number of carbonyl (C=O) groups is 1. The van der Waals surface area contributed by atoms with Crippen LogP contribution in [0.5, 0.6) is 0 Å². The summed E-state index contributed by atoms with van der Waals surface area (Å²) < 4.78 is 0. The molecule has 5 heteroatoms. The van der Waals surface area contributed by atoms with Gasteiger partial charge in [-0.15, -0.1) is 0 Å². The first kappa shape index (κ1) is 36.7. The second-order valence-corrected chi connectivity index (χ2v) is 14.0. The van der Waals surface area contributed by atoms with Crippen molar-refractivity contribution in [3.63, 3.8) is 0 Å². The number of rotatable bonds is 19. The van der Waals surface area contributed by atoms with Crippen molar-refractivity contribution in [3.05, 3.63) is 137 Å². The molecule has 0 atom stereocenters. The number of benzene rings is 6. The summed E-state index contributed by atoms with van der Waals surface area (Å²) in [5.74, 6) is 0. The summed E-state index contributed by atoms with van der Waals surface area (Å²) in [6.45, 7) is 4.44. The lowest BCUT2D eigenvalue weighted by Gasteiger charge is -2.18. The Bertz CT molecular complexity index is 2100. The van der Waals surface area contributed by atoms with Gasteiger partial charge in [0.1, 0.15) is 0 Å². The maximum absolute atomic E-state index is 11.6. The number of carbonyl (C=O) groups excluding carboxylic acids is 1. The van der Waals surface area contributed by atoms with Crippen LogP contribution in [0.25, 0.3) is 21.5 Å². The van der Waals surface area contributed by atoms with E-state index in [4.69, 9.17) is 0 Å². The van der Waals surface area contributed by atoms with Crippen molar-refractivity contribution < 1.29 is 9.90 Å². The van der Waals surface area contributed by atoms with E-state index in [1.54, 1.807) is 0 Å². The number of hydrogen-bond donors (Lipinski definition) is 4. The zero-order valence-electron chi connectivity index (χ0n) is 30.8. The second-order valence-electron chi connectivity index (χ2n) is 14.0. The standard InChI is InChI=1S/C47H53N3O2/c1-3-5-7-9-15-36-24-27-43(41-19-13-11-17-39(36)41)49-46-30-34(21-23-38(46)32-51)29-35-22-26-45(48-33-52)47(31-35)50-44-28-25-37(16-10-8-6-4-2)40-18-12-14-20-42(40)44/h11-14,17-28,30-31,33,49-51H,3-10,15-16,29,32H2,1-2H3,(H,48,52). The molecular weight excluding hydrogens is 639 g/mol. The highest BCUT2D eigenvalue weighted by atomic mass is 16.3. The van der Waals surface area contributed by atoms with Gasteiger partial charge in [-0.2, -0.15) is 0 Å². The van der Waals surface area contributed by atoms with Gasteiger partial charge in [0, 0.05) is 33.4 Å². The minimum absolute atomic E-state index is 0.0539. The zero-order chi connectivity index (χ0) is 36.1. The molecule has 6 aromatic rings. The van der Waals surface area contributed by atoms with Gasteiger partial charge in [0.15, 0.2) is 0 Å². The van der Waals surface area contributed by atoms with E-state index in [1.807, 2.05) is 12.1 Å². The number of amides is 1. The van der Waals surface area contributed by atoms with Crippen LogP contribution in [0.3, 0.4) is 0 Å². The Morgan fingerprint density at radius 2 is 0.981 bits per heavy atom. The molecule has 0 aliphatic carbocycles. The van der Waals surface area contributed by atoms with Crippen molar-refractivity contribution in [1.82, 2.24) is 0 Å². The van der Waals surface area contributed by atoms with Crippen LogP contribution >= 0.6 is 0 Å². The van der Waals surface area contributed by atoms with Crippen molar-refractivity contribution >= 4 is 56.4 Å². The van der Waals surface area contributed by atoms with E-state index >= 15 is 0 Å². The van der Waals surface area contributed by atoms with Gasteiger partial charge in [0.05, 0.1) is 18.0 Å². The number of nitrogens with one attached hydrogen (secondary N) is 3. The van der Waals surface area contributed by atoms with Crippen LogP contribution in [0.1, 0.15) is 93.0 Å². The Morgan fingerprint density at radius 3 is 1.52 bits per heavy atom. The first-order valence-electron chi connectivity index (χ1n) is 19.2. The Morgan fingerprint density at radius 1 is 0.500 bits per heavy atom. The summed E-state index contributed by atoms with van der Waals surface area (Å²) in [6.07, 6.45) is 13.5. The highest BCUT2D eigenvalue weighted by molar-refractivity contribution is 5.99. The normalized spacial score (nSPS) is 11.2. The molecule has 5 nitrogen and oxygen atoms in total. The summed E-state index contributed by atoms with van der Waals surface area (Å²) in [5, 5.41) is 25.5. The summed E-state index contributed by atoms with van der Waals surface area (Å²) >= 11 is 0. The number of unbranched alkanes of at least 4 members (excludes halogenated alkanes) is 6. The lowest BCUT2D eigenvalue weighted by molar-refractivity contribution is -0.105. The smallest absolute Gasteiger partial charge is 0.211 e. The Balaban J connectivity index is 1.25. The first-order chi connectivity index (χ1) is 25.6. The van der Waals surface area contributed by atoms with E-state index in [1.165, 1.54) is 84.0 Å². The maximum Gasteiger partial charge on any atom is 0.211 e. The molecule has 0 saturated heterocycles. The Labute approximate surface area is 309 Å². The molecule has 0 bridgehead atoms. The van der Waals surface area contributed by atoms with Crippen LogP contribution in [-0.4, -0.2) is 11.5 Å². The lowest BCUT2D eigenvalue weighted by Crippen LogP contribution is -2.03. The highest BCUT2D eigenvalue weighted by Gasteiger charge is 2.13. The first-order valence-corrected chi connectivity index (χ1v) is 19.2. The molecule has 0 aliphatic heterocycles. The van der Waals surface area contributed by atoms with Gasteiger partial charge in [-0.25, -0.2) is 0 Å². The highest BCUT2D eigenvalue weighted by Crippen LogP contribution is 2.35. The zero-order valence-corrected chi connectivity index (χ0v) is 30.8. The van der Waals surface area contributed by atoms with E-state index in [9.17, 15) is 9.90 Å². The lowest BCUT2D eigenvalue weighted by atomic mass is 9.97. The molecule has 0 radical (unpaired) electrons. The molecule has 0 fully saturated rings. The molecule has 268 valence electrons. The van der Waals surface area contributed by atoms with Crippen LogP contribution in [0.4, 0.5) is 28.4 Å².